The molecule has 0 radical (unpaired) electrons. The summed E-state index contributed by atoms with van der Waals surface area (Å²) in [6.07, 6.45) is 6.46. The molecule has 1 atom stereocenters. The van der Waals surface area contributed by atoms with Crippen LogP contribution in [0.3, 0.4) is 0 Å². The summed E-state index contributed by atoms with van der Waals surface area (Å²) < 4.78 is 0. The largest absolute Gasteiger partial charge is 0.265 e. The number of hydrogen-bond acceptors (Lipinski definition) is 2. The van der Waals surface area contributed by atoms with Crippen molar-refractivity contribution < 1.29 is 0 Å². The molecule has 5 aromatic rings. The molecule has 150 valence electrons. The Morgan fingerprint density at radius 1 is 0.710 bits per heavy atom. The van der Waals surface area contributed by atoms with Crippen LogP contribution in [0, 0.1) is 0 Å². The van der Waals surface area contributed by atoms with Crippen molar-refractivity contribution in [2.45, 2.75) is 12.3 Å². The molecule has 1 unspecified atom stereocenters. The fourth-order valence-electron chi connectivity index (χ4n) is 4.16. The van der Waals surface area contributed by atoms with E-state index in [2.05, 4.69) is 82.8 Å². The van der Waals surface area contributed by atoms with Gasteiger partial charge in [0.05, 0.1) is 5.52 Å². The standard InChI is InChI=1S/C28H21ClN2/c29-25-11-9-21(10-12-25)27(22-13-16-30-17-14-22)19-20-4-1-6-24(18-20)26-8-2-5-23-7-3-15-31-28(23)26/h1-18,27H,19H2. The van der Waals surface area contributed by atoms with Crippen molar-refractivity contribution in [2.75, 3.05) is 0 Å². The quantitative estimate of drug-likeness (QED) is 0.297. The molecular weight excluding hydrogens is 400 g/mol. The van der Waals surface area contributed by atoms with Crippen LogP contribution in [0.15, 0.2) is 110 Å². The number of benzene rings is 3. The molecular formula is C28H21ClN2. The van der Waals surface area contributed by atoms with Gasteiger partial charge in [-0.25, -0.2) is 0 Å². The zero-order valence-electron chi connectivity index (χ0n) is 16.9. The van der Waals surface area contributed by atoms with E-state index in [1.165, 1.54) is 22.3 Å². The highest BCUT2D eigenvalue weighted by Crippen LogP contribution is 2.32. The van der Waals surface area contributed by atoms with E-state index < -0.39 is 0 Å². The van der Waals surface area contributed by atoms with Gasteiger partial charge in [0.25, 0.3) is 0 Å². The molecule has 5 rings (SSSR count). The van der Waals surface area contributed by atoms with Gasteiger partial charge in [0.2, 0.25) is 0 Å². The lowest BCUT2D eigenvalue weighted by atomic mass is 9.86. The first-order valence-electron chi connectivity index (χ1n) is 10.4. The lowest BCUT2D eigenvalue weighted by Gasteiger charge is -2.19. The summed E-state index contributed by atoms with van der Waals surface area (Å²) in [6, 6.07) is 31.6. The average molecular weight is 421 g/mol. The minimum absolute atomic E-state index is 0.223. The lowest BCUT2D eigenvalue weighted by molar-refractivity contribution is 0.803. The molecule has 3 heteroatoms. The van der Waals surface area contributed by atoms with Gasteiger partial charge in [-0.1, -0.05) is 72.3 Å². The van der Waals surface area contributed by atoms with E-state index >= 15 is 0 Å². The second kappa shape index (κ2) is 8.71. The molecule has 0 N–H and O–H groups in total. The Labute approximate surface area is 187 Å². The number of rotatable bonds is 5. The minimum Gasteiger partial charge on any atom is -0.265 e. The normalized spacial score (nSPS) is 12.0. The molecule has 0 aliphatic rings. The van der Waals surface area contributed by atoms with Crippen LogP contribution >= 0.6 is 11.6 Å². The van der Waals surface area contributed by atoms with Gasteiger partial charge in [-0.05, 0) is 59.0 Å². The minimum atomic E-state index is 0.223. The van der Waals surface area contributed by atoms with E-state index in [1.807, 2.05) is 36.8 Å². The van der Waals surface area contributed by atoms with Crippen molar-refractivity contribution in [1.29, 1.82) is 0 Å². The van der Waals surface area contributed by atoms with Crippen LogP contribution in [0.1, 0.15) is 22.6 Å². The third kappa shape index (κ3) is 4.21. The highest BCUT2D eigenvalue weighted by Gasteiger charge is 2.16. The SMILES string of the molecule is Clc1ccc(C(Cc2cccc(-c3cccc4cccnc34)c2)c2ccncc2)cc1. The molecule has 0 fully saturated rings. The Kier molecular flexibility index (Phi) is 5.47. The third-order valence-electron chi connectivity index (χ3n) is 5.69. The van der Waals surface area contributed by atoms with E-state index in [4.69, 9.17) is 11.6 Å². The Morgan fingerprint density at radius 3 is 2.29 bits per heavy atom. The van der Waals surface area contributed by atoms with Crippen LogP contribution in [0.25, 0.3) is 22.0 Å². The summed E-state index contributed by atoms with van der Waals surface area (Å²) in [5.74, 6) is 0.223. The highest BCUT2D eigenvalue weighted by atomic mass is 35.5. The lowest BCUT2D eigenvalue weighted by Crippen LogP contribution is -2.05. The van der Waals surface area contributed by atoms with Gasteiger partial charge in [-0.3, -0.25) is 9.97 Å². The summed E-state index contributed by atoms with van der Waals surface area (Å²) in [4.78, 5) is 8.83. The molecule has 3 aromatic carbocycles. The van der Waals surface area contributed by atoms with Crippen LogP contribution in [0.2, 0.25) is 5.02 Å². The number of hydrogen-bond donors (Lipinski definition) is 0. The first-order valence-corrected chi connectivity index (χ1v) is 10.7. The maximum absolute atomic E-state index is 6.14. The molecule has 2 heterocycles. The fourth-order valence-corrected chi connectivity index (χ4v) is 4.28. The van der Waals surface area contributed by atoms with E-state index in [0.717, 1.165) is 27.9 Å². The van der Waals surface area contributed by atoms with E-state index in [1.54, 1.807) is 0 Å². The summed E-state index contributed by atoms with van der Waals surface area (Å²) in [5.41, 5.74) is 7.15. The Bertz CT molecular complexity index is 1310. The molecule has 0 saturated carbocycles. The number of pyridine rings is 2. The predicted octanol–water partition coefficient (Wildman–Crippen LogP) is 7.32. The molecule has 0 saturated heterocycles. The van der Waals surface area contributed by atoms with Crippen molar-refractivity contribution in [2.24, 2.45) is 0 Å². The molecule has 0 aliphatic carbocycles. The van der Waals surface area contributed by atoms with Crippen LogP contribution in [-0.2, 0) is 6.42 Å². The Morgan fingerprint density at radius 2 is 1.45 bits per heavy atom. The first kappa shape index (κ1) is 19.5. The van der Waals surface area contributed by atoms with Crippen molar-refractivity contribution in [1.82, 2.24) is 9.97 Å². The smallest absolute Gasteiger partial charge is 0.0780 e. The van der Waals surface area contributed by atoms with Crippen molar-refractivity contribution >= 4 is 22.5 Å². The van der Waals surface area contributed by atoms with Crippen LogP contribution < -0.4 is 0 Å². The first-order chi connectivity index (χ1) is 15.3. The van der Waals surface area contributed by atoms with Crippen molar-refractivity contribution in [3.05, 3.63) is 131 Å². The number of halogens is 1. The van der Waals surface area contributed by atoms with Gasteiger partial charge >= 0.3 is 0 Å². The maximum Gasteiger partial charge on any atom is 0.0780 e. The number of nitrogens with zero attached hydrogens (tertiary/aromatic N) is 2. The molecule has 0 amide bonds. The molecule has 0 bridgehead atoms. The van der Waals surface area contributed by atoms with E-state index in [-0.39, 0.29) is 5.92 Å². The Hall–Kier alpha value is -3.49. The zero-order chi connectivity index (χ0) is 21.0. The molecule has 0 aliphatic heterocycles. The van der Waals surface area contributed by atoms with Crippen LogP contribution in [0.4, 0.5) is 0 Å². The second-order valence-corrected chi connectivity index (χ2v) is 8.11. The predicted molar refractivity (Wildman–Crippen MR) is 128 cm³/mol. The molecule has 2 nitrogen and oxygen atoms in total. The maximum atomic E-state index is 6.14. The van der Waals surface area contributed by atoms with Gasteiger partial charge in [0.1, 0.15) is 0 Å². The van der Waals surface area contributed by atoms with Gasteiger partial charge in [-0.2, -0.15) is 0 Å². The van der Waals surface area contributed by atoms with Gasteiger partial charge in [0, 0.05) is 40.5 Å². The average Bonchev–Trinajstić information content (AvgIpc) is 2.83. The van der Waals surface area contributed by atoms with Crippen LogP contribution in [-0.4, -0.2) is 9.97 Å². The van der Waals surface area contributed by atoms with E-state index in [0.29, 0.717) is 0 Å². The summed E-state index contributed by atoms with van der Waals surface area (Å²) in [7, 11) is 0. The van der Waals surface area contributed by atoms with E-state index in [9.17, 15) is 0 Å². The number of fused-ring (bicyclic) bond motifs is 1. The Balaban J connectivity index is 1.54. The number of aromatic nitrogens is 2. The summed E-state index contributed by atoms with van der Waals surface area (Å²) >= 11 is 6.14. The van der Waals surface area contributed by atoms with Crippen molar-refractivity contribution in [3.63, 3.8) is 0 Å². The summed E-state index contributed by atoms with van der Waals surface area (Å²) in [5, 5.41) is 1.91. The topological polar surface area (TPSA) is 25.8 Å². The number of para-hydroxylation sites is 1. The fraction of sp³-hybridized carbons (Fsp3) is 0.0714. The van der Waals surface area contributed by atoms with Gasteiger partial charge in [-0.15, -0.1) is 0 Å². The molecule has 2 aromatic heterocycles. The second-order valence-electron chi connectivity index (χ2n) is 7.67. The monoisotopic (exact) mass is 420 g/mol. The van der Waals surface area contributed by atoms with Crippen molar-refractivity contribution in [3.8, 4) is 11.1 Å². The zero-order valence-corrected chi connectivity index (χ0v) is 17.7. The molecule has 31 heavy (non-hydrogen) atoms. The molecule has 0 spiro atoms. The van der Waals surface area contributed by atoms with Crippen LogP contribution in [0.5, 0.6) is 0 Å². The third-order valence-corrected chi connectivity index (χ3v) is 5.94. The van der Waals surface area contributed by atoms with Gasteiger partial charge < -0.3 is 0 Å². The highest BCUT2D eigenvalue weighted by molar-refractivity contribution is 6.30. The summed E-state index contributed by atoms with van der Waals surface area (Å²) in [6.45, 7) is 0. The van der Waals surface area contributed by atoms with Gasteiger partial charge in [0.15, 0.2) is 0 Å².